The summed E-state index contributed by atoms with van der Waals surface area (Å²) < 4.78 is 0. The smallest absolute Gasteiger partial charge is 0.243 e. The van der Waals surface area contributed by atoms with E-state index < -0.39 is 174 Å². The Morgan fingerprint density at radius 1 is 0.374 bits per heavy atom. The van der Waals surface area contributed by atoms with Gasteiger partial charge in [0.05, 0.1) is 19.1 Å². The van der Waals surface area contributed by atoms with Crippen molar-refractivity contribution in [3.63, 3.8) is 0 Å². The minimum Gasteiger partial charge on any atom is -0.370 e. The molecule has 2 aromatic rings. The lowest BCUT2D eigenvalue weighted by Crippen LogP contribution is -2.61. The van der Waals surface area contributed by atoms with E-state index in [0.29, 0.717) is 12.8 Å². The zero-order valence-electron chi connectivity index (χ0n) is 63.6. The van der Waals surface area contributed by atoms with Gasteiger partial charge in [-0.15, -0.1) is 0 Å². The van der Waals surface area contributed by atoms with Crippen molar-refractivity contribution in [2.75, 3.05) is 26.2 Å². The molecule has 26 N–H and O–H groups in total. The number of rotatable bonds is 50. The first-order chi connectivity index (χ1) is 50.3. The second-order valence-corrected chi connectivity index (χ2v) is 28.2. The highest BCUT2D eigenvalue weighted by Gasteiger charge is 2.37. The summed E-state index contributed by atoms with van der Waals surface area (Å²) in [5, 5.41) is 51.7. The van der Waals surface area contributed by atoms with E-state index in [0.717, 1.165) is 11.1 Å². The van der Waals surface area contributed by atoms with Gasteiger partial charge in [-0.1, -0.05) is 143 Å². The quantitative estimate of drug-likeness (QED) is 0.0184. The molecule has 0 bridgehead atoms. The summed E-state index contributed by atoms with van der Waals surface area (Å²) >= 11 is 0. The summed E-state index contributed by atoms with van der Waals surface area (Å²) in [6.45, 7) is 17.8. The lowest BCUT2D eigenvalue weighted by atomic mass is 9.94. The van der Waals surface area contributed by atoms with Gasteiger partial charge in [0.1, 0.15) is 60.4 Å². The first-order valence-electron chi connectivity index (χ1n) is 36.5. The van der Waals surface area contributed by atoms with Gasteiger partial charge in [0.2, 0.25) is 82.7 Å². The molecule has 2 rings (SSSR count). The Kier molecular flexibility index (Phi) is 42.1. The Balaban J connectivity index is 2.26. The van der Waals surface area contributed by atoms with Crippen molar-refractivity contribution >= 4 is 94.6 Å². The second kappa shape index (κ2) is 48.6. The third-order valence-corrected chi connectivity index (χ3v) is 17.4. The average Bonchev–Trinajstić information content (AvgIpc) is 0.850. The summed E-state index contributed by atoms with van der Waals surface area (Å²) in [6, 6.07) is 3.88. The van der Waals surface area contributed by atoms with Crippen LogP contribution in [0.2, 0.25) is 0 Å². The SMILES string of the molecule is CC[C@H](C)[C@H](NC(=O)[C@H](CCCNC(=N)N)NC(=O)[C@H](CCC(N)=O)NC(=O)[C@H](CC(C)C)NC(=O)[C@@H](N)Cc1ccccc1)C(=O)N[C@H](C(=O)NCC(=O)N[C@@H](C)C(=O)N[C@@H](CC(C)C)C(=O)NCC(=O)N[C@@H](CCCNC(=N)N)C(=O)N[C@@H](CC(C)C)C(=O)N[C@@H](Cc1ccccc1)C(N)=O)[C@@H](C)CC. The molecule has 0 heterocycles. The highest BCUT2D eigenvalue weighted by atomic mass is 16.2. The maximum Gasteiger partial charge on any atom is 0.243 e. The number of carbonyl (C=O) groups excluding carboxylic acids is 14. The van der Waals surface area contributed by atoms with E-state index in [-0.39, 0.29) is 113 Å². The van der Waals surface area contributed by atoms with Crippen LogP contribution in [0.1, 0.15) is 158 Å². The first-order valence-corrected chi connectivity index (χ1v) is 36.5. The Hall–Kier alpha value is -10.5. The molecule has 107 heavy (non-hydrogen) atoms. The van der Waals surface area contributed by atoms with E-state index in [4.69, 9.17) is 39.5 Å². The third kappa shape index (κ3) is 36.9. The largest absolute Gasteiger partial charge is 0.370 e. The third-order valence-electron chi connectivity index (χ3n) is 17.4. The van der Waals surface area contributed by atoms with E-state index >= 15 is 0 Å². The van der Waals surface area contributed by atoms with Crippen LogP contribution in [0, 0.1) is 40.4 Å². The standard InChI is InChI=1S/C72H119N21O14/c1-12-42(9)58(93-70(107)59(43(10)13-2)92-66(103)49(27-21-31-81-72(78)79)86-65(102)50(28-29-55(74)94)87-67(104)53(33-40(5)6)90-62(99)47(73)35-45-22-16-14-17-23-45)69(106)83-37-56(95)84-44(11)61(98)89-52(32-39(3)4)63(100)82-38-57(96)85-48(26-20-30-80-71(76)77)64(101)91-54(34-41(7)8)68(105)88-51(60(75)97)36-46-24-18-15-19-25-46/h14-19,22-25,39-44,47-54,58-59H,12-13,20-21,26-38,73H2,1-11H3,(H2,74,94)(H2,75,97)(H,82,100)(H,83,106)(H,84,95)(H,85,96)(H,86,102)(H,87,104)(H,88,105)(H,89,98)(H,90,99)(H,91,101)(H,92,103)(H,93,107)(H4,76,77,80)(H4,78,79,81)/t42-,43-,44-,47-,48-,49-,50-,51-,52-,53-,54-,58-,59-/m0/s1. The Bertz CT molecular complexity index is 3290. The van der Waals surface area contributed by atoms with E-state index in [1.54, 1.807) is 96.1 Å². The van der Waals surface area contributed by atoms with Gasteiger partial charge in [0, 0.05) is 25.9 Å². The maximum atomic E-state index is 14.5. The molecule has 35 nitrogen and oxygen atoms in total. The molecule has 0 fully saturated rings. The lowest BCUT2D eigenvalue weighted by Gasteiger charge is -2.30. The summed E-state index contributed by atoms with van der Waals surface area (Å²) in [7, 11) is 0. The van der Waals surface area contributed by atoms with Crippen LogP contribution in [-0.2, 0) is 80.0 Å². The summed E-state index contributed by atoms with van der Waals surface area (Å²) in [4.78, 5) is 192. The molecule has 596 valence electrons. The number of nitrogens with one attached hydrogen (secondary N) is 16. The number of primary amides is 2. The highest BCUT2D eigenvalue weighted by molar-refractivity contribution is 5.99. The molecule has 0 unspecified atom stereocenters. The van der Waals surface area contributed by atoms with Gasteiger partial charge in [-0.2, -0.15) is 0 Å². The Labute approximate surface area is 626 Å². The van der Waals surface area contributed by atoms with Gasteiger partial charge in [-0.05, 0) is 105 Å². The van der Waals surface area contributed by atoms with E-state index in [1.165, 1.54) is 6.92 Å². The lowest BCUT2D eigenvalue weighted by molar-refractivity contribution is -0.136. The van der Waals surface area contributed by atoms with Gasteiger partial charge in [-0.25, -0.2) is 0 Å². The van der Waals surface area contributed by atoms with Gasteiger partial charge in [0.25, 0.3) is 0 Å². The molecule has 0 aliphatic rings. The van der Waals surface area contributed by atoms with Crippen LogP contribution in [0.3, 0.4) is 0 Å². The van der Waals surface area contributed by atoms with Gasteiger partial charge < -0.3 is 103 Å². The van der Waals surface area contributed by atoms with Crippen molar-refractivity contribution in [3.05, 3.63) is 71.8 Å². The number of hydrogen-bond acceptors (Lipinski definition) is 17. The molecule has 0 aliphatic carbocycles. The minimum absolute atomic E-state index is 0.0254. The van der Waals surface area contributed by atoms with Crippen LogP contribution in [0.25, 0.3) is 0 Å². The summed E-state index contributed by atoms with van der Waals surface area (Å²) in [5.74, 6) is -13.6. The van der Waals surface area contributed by atoms with E-state index in [9.17, 15) is 67.1 Å². The summed E-state index contributed by atoms with van der Waals surface area (Å²) in [5.41, 5.74) is 29.9. The number of benzene rings is 2. The molecule has 0 radical (unpaired) electrons. The van der Waals surface area contributed by atoms with Crippen molar-refractivity contribution in [2.24, 2.45) is 58.3 Å². The molecular weight excluding hydrogens is 1380 g/mol. The van der Waals surface area contributed by atoms with Gasteiger partial charge in [0.15, 0.2) is 11.9 Å². The highest BCUT2D eigenvalue weighted by Crippen LogP contribution is 2.16. The molecule has 13 atom stereocenters. The van der Waals surface area contributed by atoms with Crippen LogP contribution in [0.5, 0.6) is 0 Å². The van der Waals surface area contributed by atoms with Crippen molar-refractivity contribution < 1.29 is 67.1 Å². The number of amides is 14. The van der Waals surface area contributed by atoms with Crippen molar-refractivity contribution in [3.8, 4) is 0 Å². The first kappa shape index (κ1) is 92.6. The van der Waals surface area contributed by atoms with Crippen LogP contribution in [0.4, 0.5) is 0 Å². The fourth-order valence-corrected chi connectivity index (χ4v) is 11.0. The fraction of sp³-hybridized carbons (Fsp3) is 0.611. The topological polar surface area (TPSA) is 585 Å². The minimum atomic E-state index is -1.49. The molecular formula is C72H119N21O14. The predicted molar refractivity (Wildman–Crippen MR) is 402 cm³/mol. The van der Waals surface area contributed by atoms with Gasteiger partial charge in [-0.3, -0.25) is 77.9 Å². The molecule has 0 saturated carbocycles. The molecule has 35 heteroatoms. The van der Waals surface area contributed by atoms with Crippen molar-refractivity contribution in [1.82, 2.24) is 74.4 Å². The monoisotopic (exact) mass is 1500 g/mol. The molecule has 14 amide bonds. The van der Waals surface area contributed by atoms with Crippen LogP contribution >= 0.6 is 0 Å². The maximum absolute atomic E-state index is 14.5. The van der Waals surface area contributed by atoms with E-state index in [2.05, 4.69) is 74.4 Å². The predicted octanol–water partition coefficient (Wildman–Crippen LogP) is -2.59. The van der Waals surface area contributed by atoms with E-state index in [1.807, 2.05) is 33.8 Å². The van der Waals surface area contributed by atoms with Crippen LogP contribution < -0.4 is 103 Å². The number of nitrogens with two attached hydrogens (primary N) is 5. The zero-order chi connectivity index (χ0) is 80.6. The summed E-state index contributed by atoms with van der Waals surface area (Å²) in [6.07, 6.45) is 0.668. The number of hydrogen-bond donors (Lipinski definition) is 21. The van der Waals surface area contributed by atoms with Crippen molar-refractivity contribution in [2.45, 2.75) is 226 Å². The van der Waals surface area contributed by atoms with Gasteiger partial charge >= 0.3 is 0 Å². The average molecular weight is 1500 g/mol. The molecule has 0 spiro atoms. The number of guanidine groups is 2. The Morgan fingerprint density at radius 2 is 0.729 bits per heavy atom. The molecule has 0 saturated heterocycles. The fourth-order valence-electron chi connectivity index (χ4n) is 11.0. The zero-order valence-corrected chi connectivity index (χ0v) is 63.6. The van der Waals surface area contributed by atoms with Crippen LogP contribution in [-0.4, -0.2) is 187 Å². The molecule has 0 aliphatic heterocycles. The van der Waals surface area contributed by atoms with Crippen molar-refractivity contribution in [1.29, 1.82) is 10.8 Å². The number of carbonyl (C=O) groups is 14. The second-order valence-electron chi connectivity index (χ2n) is 28.2. The normalized spacial score (nSPS) is 14.8. The Morgan fingerprint density at radius 3 is 1.17 bits per heavy atom. The molecule has 2 aromatic carbocycles. The molecule has 0 aromatic heterocycles. The van der Waals surface area contributed by atoms with Crippen LogP contribution in [0.15, 0.2) is 60.7 Å².